The molecule has 2 fully saturated rings. The van der Waals surface area contributed by atoms with Gasteiger partial charge >= 0.3 is 5.97 Å². The van der Waals surface area contributed by atoms with Crippen LogP contribution in [0.4, 0.5) is 0 Å². The maximum Gasteiger partial charge on any atom is 0.306 e. The lowest BCUT2D eigenvalue weighted by Crippen LogP contribution is -2.39. The third-order valence-corrected chi connectivity index (χ3v) is 11.4. The Labute approximate surface area is 298 Å². The number of methoxy groups -OCH3 is 1. The van der Waals surface area contributed by atoms with Gasteiger partial charge in [0.05, 0.1) is 49.3 Å². The van der Waals surface area contributed by atoms with Gasteiger partial charge in [-0.05, 0) is 66.5 Å². The number of carbonyl (C=O) groups is 2. The first-order chi connectivity index (χ1) is 24.4. The molecule has 2 aliphatic rings. The molecule has 8 nitrogen and oxygen atoms in total. The molecule has 1 amide bonds. The van der Waals surface area contributed by atoms with Crippen molar-refractivity contribution in [2.45, 2.75) is 80.5 Å². The molecule has 0 spiro atoms. The molecule has 2 atom stereocenters. The highest BCUT2D eigenvalue weighted by Crippen LogP contribution is 2.40. The zero-order valence-electron chi connectivity index (χ0n) is 29.0. The lowest BCUT2D eigenvalue weighted by atomic mass is 9.91. The highest BCUT2D eigenvalue weighted by atomic mass is 32.2. The average Bonchev–Trinajstić information content (AvgIpc) is 3.98. The highest BCUT2D eigenvalue weighted by Gasteiger charge is 2.37. The molecule has 1 aliphatic heterocycles. The summed E-state index contributed by atoms with van der Waals surface area (Å²) in [6, 6.07) is 25.6. The first-order valence-corrected chi connectivity index (χ1v) is 18.6. The summed E-state index contributed by atoms with van der Waals surface area (Å²) in [5.74, 6) is 1.67. The van der Waals surface area contributed by atoms with Crippen molar-refractivity contribution in [3.63, 3.8) is 0 Å². The van der Waals surface area contributed by atoms with Gasteiger partial charge in [0, 0.05) is 27.8 Å². The number of esters is 1. The molecule has 1 aliphatic carbocycles. The van der Waals surface area contributed by atoms with Crippen LogP contribution in [0.3, 0.4) is 0 Å². The number of amides is 1. The molecule has 0 unspecified atom stereocenters. The fourth-order valence-electron chi connectivity index (χ4n) is 7.40. The third-order valence-electron chi connectivity index (χ3n) is 10.3. The van der Waals surface area contributed by atoms with Crippen molar-refractivity contribution in [2.75, 3.05) is 13.7 Å². The van der Waals surface area contributed by atoms with Crippen LogP contribution >= 0.6 is 11.8 Å². The molecule has 1 saturated carbocycles. The zero-order valence-corrected chi connectivity index (χ0v) is 29.8. The molecule has 3 heterocycles. The number of rotatable bonds is 11. The number of H-pyrrole nitrogens is 2. The summed E-state index contributed by atoms with van der Waals surface area (Å²) in [6.45, 7) is 4.62. The van der Waals surface area contributed by atoms with Crippen LogP contribution in [0.25, 0.3) is 33.6 Å². The van der Waals surface area contributed by atoms with E-state index in [2.05, 4.69) is 76.7 Å². The van der Waals surface area contributed by atoms with Crippen LogP contribution in [-0.4, -0.2) is 50.4 Å². The summed E-state index contributed by atoms with van der Waals surface area (Å²) >= 11 is 1.74. The van der Waals surface area contributed by atoms with Gasteiger partial charge in [-0.25, -0.2) is 9.97 Å². The lowest BCUT2D eigenvalue weighted by molar-refractivity contribution is -0.148. The van der Waals surface area contributed by atoms with Crippen LogP contribution in [0.1, 0.15) is 82.4 Å². The summed E-state index contributed by atoms with van der Waals surface area (Å²) in [5, 5.41) is 0. The molecule has 3 aromatic carbocycles. The number of imidazole rings is 2. The van der Waals surface area contributed by atoms with Crippen LogP contribution < -0.4 is 0 Å². The number of benzene rings is 3. The van der Waals surface area contributed by atoms with Crippen LogP contribution in [0.2, 0.25) is 0 Å². The average molecular weight is 688 g/mol. The minimum Gasteiger partial charge on any atom is -0.469 e. The predicted molar refractivity (Wildman–Crippen MR) is 197 cm³/mol. The van der Waals surface area contributed by atoms with E-state index in [0.29, 0.717) is 12.5 Å². The first-order valence-electron chi connectivity index (χ1n) is 17.8. The molecule has 2 aromatic heterocycles. The van der Waals surface area contributed by atoms with Crippen molar-refractivity contribution in [2.24, 2.45) is 11.8 Å². The summed E-state index contributed by atoms with van der Waals surface area (Å²) in [6.07, 6.45) is 10.7. The van der Waals surface area contributed by atoms with E-state index in [1.807, 2.05) is 37.2 Å². The number of carbonyl (C=O) groups excluding carboxylic acids is 2. The van der Waals surface area contributed by atoms with Gasteiger partial charge in [-0.3, -0.25) is 9.59 Å². The molecule has 7 rings (SSSR count). The maximum absolute atomic E-state index is 13.7. The van der Waals surface area contributed by atoms with Crippen LogP contribution in [0.5, 0.6) is 0 Å². The number of nitrogens with one attached hydrogen (secondary N) is 2. The van der Waals surface area contributed by atoms with E-state index in [4.69, 9.17) is 14.7 Å². The van der Waals surface area contributed by atoms with Crippen molar-refractivity contribution in [1.82, 2.24) is 24.8 Å². The number of hydrogen-bond donors (Lipinski definition) is 2. The molecular weight excluding hydrogens is 643 g/mol. The van der Waals surface area contributed by atoms with E-state index in [1.165, 1.54) is 32.8 Å². The third kappa shape index (κ3) is 7.29. The topological polar surface area (TPSA) is 104 Å². The Morgan fingerprint density at radius 1 is 0.840 bits per heavy atom. The number of likely N-dealkylation sites (tertiary alicyclic amines) is 1. The molecule has 2 N–H and O–H groups in total. The van der Waals surface area contributed by atoms with Gasteiger partial charge in [0.1, 0.15) is 11.6 Å². The molecule has 258 valence electrons. The smallest absolute Gasteiger partial charge is 0.306 e. The van der Waals surface area contributed by atoms with Gasteiger partial charge < -0.3 is 19.6 Å². The fraction of sp³-hybridized carbons (Fsp3) is 0.366. The molecule has 50 heavy (non-hydrogen) atoms. The molecule has 5 aromatic rings. The number of aromatic amines is 2. The van der Waals surface area contributed by atoms with Crippen molar-refractivity contribution in [3.05, 3.63) is 96.8 Å². The Kier molecular flexibility index (Phi) is 10.2. The molecule has 1 saturated heterocycles. The Morgan fingerprint density at radius 2 is 1.50 bits per heavy atom. The van der Waals surface area contributed by atoms with Gasteiger partial charge in [-0.1, -0.05) is 93.0 Å². The highest BCUT2D eigenvalue weighted by molar-refractivity contribution is 7.99. The lowest BCUT2D eigenvalue weighted by Gasteiger charge is -2.29. The van der Waals surface area contributed by atoms with Gasteiger partial charge in [-0.15, -0.1) is 0 Å². The van der Waals surface area contributed by atoms with Gasteiger partial charge in [0.2, 0.25) is 5.91 Å². The van der Waals surface area contributed by atoms with E-state index in [1.54, 1.807) is 11.8 Å². The van der Waals surface area contributed by atoms with Gasteiger partial charge in [0.25, 0.3) is 0 Å². The Bertz CT molecular complexity index is 1930. The van der Waals surface area contributed by atoms with Gasteiger partial charge in [-0.2, -0.15) is 0 Å². The number of aromatic nitrogens is 4. The zero-order chi connectivity index (χ0) is 34.6. The standard InChI is InChI=1S/C41H45N5O3S/c1-26(2)33(23-38(47)49-3)41(48)46-21-9-14-36(46)40-43-25-35(45-40)30-19-20-32(37(22-30)50-31-12-5-4-6-13-31)27-15-17-28(18-16-27)34-24-42-39(44-34)29-10-7-8-11-29/h4-6,12-13,15-20,22,24-26,29,33,36H,7-11,14,21,23H2,1-3H3,(H,42,44)(H,43,45)/t33-,36-/m0/s1. The maximum atomic E-state index is 13.7. The van der Waals surface area contributed by atoms with Crippen molar-refractivity contribution < 1.29 is 14.3 Å². The minimum absolute atomic E-state index is 0.00967. The van der Waals surface area contributed by atoms with Crippen molar-refractivity contribution in [3.8, 4) is 33.6 Å². The van der Waals surface area contributed by atoms with E-state index >= 15 is 0 Å². The first kappa shape index (κ1) is 33.8. The van der Waals surface area contributed by atoms with Crippen molar-refractivity contribution >= 4 is 23.6 Å². The largest absolute Gasteiger partial charge is 0.469 e. The van der Waals surface area contributed by atoms with E-state index in [0.717, 1.165) is 67.9 Å². The van der Waals surface area contributed by atoms with Crippen LogP contribution in [-0.2, 0) is 14.3 Å². The second-order valence-electron chi connectivity index (χ2n) is 13.9. The Morgan fingerprint density at radius 3 is 2.22 bits per heavy atom. The van der Waals surface area contributed by atoms with Crippen LogP contribution in [0.15, 0.2) is 95.0 Å². The summed E-state index contributed by atoms with van der Waals surface area (Å²) in [5.41, 5.74) is 6.43. The molecule has 0 bridgehead atoms. The second-order valence-corrected chi connectivity index (χ2v) is 15.0. The van der Waals surface area contributed by atoms with Crippen LogP contribution in [0, 0.1) is 11.8 Å². The van der Waals surface area contributed by atoms with Gasteiger partial charge in [0.15, 0.2) is 0 Å². The van der Waals surface area contributed by atoms with E-state index in [9.17, 15) is 9.59 Å². The monoisotopic (exact) mass is 687 g/mol. The SMILES string of the molecule is COC(=O)C[C@H](C(=O)N1CCC[C@H]1c1ncc(-c2ccc(-c3ccc(-c4cnc(C5CCCC5)[nH]4)cc3)c(Sc3ccccc3)c2)[nH]1)C(C)C. The fourth-order valence-corrected chi connectivity index (χ4v) is 8.43. The minimum atomic E-state index is -0.425. The number of hydrogen-bond acceptors (Lipinski definition) is 6. The molecular formula is C41H45N5O3S. The number of ether oxygens (including phenoxy) is 1. The Balaban J connectivity index is 1.15. The predicted octanol–water partition coefficient (Wildman–Crippen LogP) is 9.44. The summed E-state index contributed by atoms with van der Waals surface area (Å²) in [4.78, 5) is 46.7. The number of nitrogens with zero attached hydrogens (tertiary/aromatic N) is 3. The van der Waals surface area contributed by atoms with E-state index in [-0.39, 0.29) is 30.3 Å². The Hall–Kier alpha value is -4.63. The second kappa shape index (κ2) is 15.1. The van der Waals surface area contributed by atoms with E-state index < -0.39 is 5.92 Å². The summed E-state index contributed by atoms with van der Waals surface area (Å²) < 4.78 is 4.90. The van der Waals surface area contributed by atoms with Crippen molar-refractivity contribution in [1.29, 1.82) is 0 Å². The quantitative estimate of drug-likeness (QED) is 0.134. The summed E-state index contributed by atoms with van der Waals surface area (Å²) in [7, 11) is 1.37. The molecule has 9 heteroatoms. The normalized spacial score (nSPS) is 17.0. The molecule has 0 radical (unpaired) electrons.